The monoisotopic (exact) mass is 312 g/mol. The molecule has 1 unspecified atom stereocenters. The average Bonchev–Trinajstić information content (AvgIpc) is 3.32. The van der Waals surface area contributed by atoms with Crippen LogP contribution >= 0.6 is 0 Å². The smallest absolute Gasteiger partial charge is 0.218 e. The fourth-order valence-corrected chi connectivity index (χ4v) is 3.25. The van der Waals surface area contributed by atoms with Crippen molar-refractivity contribution in [2.45, 2.75) is 31.3 Å². The number of methoxy groups -OCH3 is 1. The van der Waals surface area contributed by atoms with E-state index in [4.69, 9.17) is 4.74 Å². The molecule has 2 aromatic rings. The van der Waals surface area contributed by atoms with Crippen LogP contribution in [0.2, 0.25) is 0 Å². The van der Waals surface area contributed by atoms with Gasteiger partial charge in [0.2, 0.25) is 5.88 Å². The fourth-order valence-electron chi connectivity index (χ4n) is 3.25. The molecule has 1 saturated carbocycles. The second-order valence-corrected chi connectivity index (χ2v) is 6.01. The van der Waals surface area contributed by atoms with Gasteiger partial charge in [-0.05, 0) is 25.3 Å². The molecule has 2 fully saturated rings. The lowest BCUT2D eigenvalue weighted by atomic mass is 10.2. The number of hydrogen-bond donors (Lipinski definition) is 0. The summed E-state index contributed by atoms with van der Waals surface area (Å²) in [4.78, 5) is 21.7. The molecule has 7 heteroatoms. The summed E-state index contributed by atoms with van der Waals surface area (Å²) in [5.74, 6) is 2.57. The van der Waals surface area contributed by atoms with Crippen LogP contribution in [-0.4, -0.2) is 52.2 Å². The average molecular weight is 312 g/mol. The first-order chi connectivity index (χ1) is 11.3. The van der Waals surface area contributed by atoms with Crippen molar-refractivity contribution < 1.29 is 4.74 Å². The minimum absolute atomic E-state index is 0.457. The Hall–Kier alpha value is -2.44. The number of rotatable bonds is 5. The highest BCUT2D eigenvalue weighted by Gasteiger charge is 2.38. The Balaban J connectivity index is 1.52. The van der Waals surface area contributed by atoms with Gasteiger partial charge in [-0.2, -0.15) is 0 Å². The van der Waals surface area contributed by atoms with Gasteiger partial charge >= 0.3 is 0 Å². The molecule has 0 aromatic carbocycles. The highest BCUT2D eigenvalue weighted by molar-refractivity contribution is 5.47. The lowest BCUT2D eigenvalue weighted by Gasteiger charge is -2.30. The molecule has 120 valence electrons. The Labute approximate surface area is 135 Å². The van der Waals surface area contributed by atoms with Crippen molar-refractivity contribution in [3.05, 3.63) is 31.0 Å². The topological polar surface area (TPSA) is 67.3 Å². The fraction of sp³-hybridized carbons (Fsp3) is 0.500. The third kappa shape index (κ3) is 2.91. The summed E-state index contributed by atoms with van der Waals surface area (Å²) in [7, 11) is 1.63. The third-order valence-corrected chi connectivity index (χ3v) is 4.49. The summed E-state index contributed by atoms with van der Waals surface area (Å²) >= 11 is 0. The summed E-state index contributed by atoms with van der Waals surface area (Å²) < 4.78 is 5.20. The second-order valence-electron chi connectivity index (χ2n) is 6.01. The van der Waals surface area contributed by atoms with E-state index in [0.717, 1.165) is 31.1 Å². The van der Waals surface area contributed by atoms with E-state index >= 15 is 0 Å². The molecule has 0 spiro atoms. The number of nitrogens with zero attached hydrogens (tertiary/aromatic N) is 6. The maximum atomic E-state index is 5.20. The summed E-state index contributed by atoms with van der Waals surface area (Å²) in [5, 5.41) is 0. The van der Waals surface area contributed by atoms with Crippen LogP contribution in [0.1, 0.15) is 19.3 Å². The molecule has 1 atom stereocenters. The molecule has 4 rings (SSSR count). The van der Waals surface area contributed by atoms with Crippen molar-refractivity contribution >= 4 is 11.6 Å². The van der Waals surface area contributed by atoms with E-state index in [9.17, 15) is 0 Å². The SMILES string of the molecule is COc1cc(N2CCC(N(c3ccncn3)C3CC3)C2)ncn1. The van der Waals surface area contributed by atoms with Gasteiger partial charge < -0.3 is 14.5 Å². The molecule has 2 aliphatic rings. The maximum Gasteiger partial charge on any atom is 0.218 e. The van der Waals surface area contributed by atoms with E-state index in [2.05, 4.69) is 29.7 Å². The van der Waals surface area contributed by atoms with Gasteiger partial charge in [-0.3, -0.25) is 0 Å². The molecule has 3 heterocycles. The van der Waals surface area contributed by atoms with E-state index in [1.54, 1.807) is 19.8 Å². The Kier molecular flexibility index (Phi) is 3.69. The van der Waals surface area contributed by atoms with Gasteiger partial charge in [-0.1, -0.05) is 0 Å². The van der Waals surface area contributed by atoms with Crippen molar-refractivity contribution in [3.63, 3.8) is 0 Å². The van der Waals surface area contributed by atoms with Gasteiger partial charge in [0.05, 0.1) is 7.11 Å². The van der Waals surface area contributed by atoms with Gasteiger partial charge in [0, 0.05) is 37.4 Å². The minimum atomic E-state index is 0.457. The molecule has 0 bridgehead atoms. The van der Waals surface area contributed by atoms with Gasteiger partial charge in [0.25, 0.3) is 0 Å². The Morgan fingerprint density at radius 2 is 2.04 bits per heavy atom. The highest BCUT2D eigenvalue weighted by Crippen LogP contribution is 2.35. The molecule has 2 aromatic heterocycles. The summed E-state index contributed by atoms with van der Waals surface area (Å²) in [6.07, 6.45) is 8.62. The van der Waals surface area contributed by atoms with E-state index in [1.165, 1.54) is 12.8 Å². The zero-order chi connectivity index (χ0) is 15.6. The van der Waals surface area contributed by atoms with Crippen molar-refractivity contribution in [2.24, 2.45) is 0 Å². The van der Waals surface area contributed by atoms with E-state index < -0.39 is 0 Å². The Morgan fingerprint density at radius 3 is 2.78 bits per heavy atom. The highest BCUT2D eigenvalue weighted by atomic mass is 16.5. The van der Waals surface area contributed by atoms with Crippen LogP contribution in [0.4, 0.5) is 11.6 Å². The van der Waals surface area contributed by atoms with E-state index in [-0.39, 0.29) is 0 Å². The van der Waals surface area contributed by atoms with Crippen LogP contribution in [0.15, 0.2) is 31.0 Å². The zero-order valence-corrected chi connectivity index (χ0v) is 13.2. The summed E-state index contributed by atoms with van der Waals surface area (Å²) in [6.45, 7) is 1.93. The summed E-state index contributed by atoms with van der Waals surface area (Å²) in [5.41, 5.74) is 0. The van der Waals surface area contributed by atoms with Crippen LogP contribution in [0.3, 0.4) is 0 Å². The second kappa shape index (κ2) is 5.98. The van der Waals surface area contributed by atoms with Crippen LogP contribution in [0, 0.1) is 0 Å². The first-order valence-electron chi connectivity index (χ1n) is 8.00. The lowest BCUT2D eigenvalue weighted by molar-refractivity contribution is 0.397. The van der Waals surface area contributed by atoms with Gasteiger partial charge in [0.15, 0.2) is 0 Å². The molecule has 0 radical (unpaired) electrons. The minimum Gasteiger partial charge on any atom is -0.481 e. The zero-order valence-electron chi connectivity index (χ0n) is 13.2. The van der Waals surface area contributed by atoms with Crippen molar-refractivity contribution in [2.75, 3.05) is 30.0 Å². The van der Waals surface area contributed by atoms with E-state index in [1.807, 2.05) is 18.3 Å². The van der Waals surface area contributed by atoms with E-state index in [0.29, 0.717) is 18.0 Å². The number of ether oxygens (including phenoxy) is 1. The largest absolute Gasteiger partial charge is 0.481 e. The molecular formula is C16H20N6O. The van der Waals surface area contributed by atoms with Crippen molar-refractivity contribution in [1.29, 1.82) is 0 Å². The van der Waals surface area contributed by atoms with Crippen LogP contribution < -0.4 is 14.5 Å². The Morgan fingerprint density at radius 1 is 1.13 bits per heavy atom. The number of aromatic nitrogens is 4. The first kappa shape index (κ1) is 14.2. The molecule has 7 nitrogen and oxygen atoms in total. The van der Waals surface area contributed by atoms with Gasteiger partial charge in [0.1, 0.15) is 24.3 Å². The molecule has 1 aliphatic heterocycles. The predicted octanol–water partition coefficient (Wildman–Crippen LogP) is 1.52. The van der Waals surface area contributed by atoms with Crippen LogP contribution in [0.5, 0.6) is 5.88 Å². The quantitative estimate of drug-likeness (QED) is 0.829. The van der Waals surface area contributed by atoms with Gasteiger partial charge in [-0.15, -0.1) is 0 Å². The van der Waals surface area contributed by atoms with Crippen molar-refractivity contribution in [3.8, 4) is 5.88 Å². The number of hydrogen-bond acceptors (Lipinski definition) is 7. The standard InChI is InChI=1S/C16H20N6O/c1-23-16-8-15(19-11-20-16)21-7-5-13(9-21)22(12-2-3-12)14-4-6-17-10-18-14/h4,6,8,10-13H,2-3,5,7,9H2,1H3. The van der Waals surface area contributed by atoms with Crippen molar-refractivity contribution in [1.82, 2.24) is 19.9 Å². The molecule has 23 heavy (non-hydrogen) atoms. The number of anilines is 2. The third-order valence-electron chi connectivity index (χ3n) is 4.49. The van der Waals surface area contributed by atoms with Gasteiger partial charge in [-0.25, -0.2) is 19.9 Å². The molecule has 1 aliphatic carbocycles. The lowest BCUT2D eigenvalue weighted by Crippen LogP contribution is -2.40. The molecule has 0 amide bonds. The normalized spacial score (nSPS) is 20.6. The first-order valence-corrected chi connectivity index (χ1v) is 8.00. The molecule has 1 saturated heterocycles. The van der Waals surface area contributed by atoms with Crippen LogP contribution in [-0.2, 0) is 0 Å². The van der Waals surface area contributed by atoms with Crippen LogP contribution in [0.25, 0.3) is 0 Å². The molecule has 0 N–H and O–H groups in total. The summed E-state index contributed by atoms with van der Waals surface area (Å²) in [6, 6.07) is 4.98. The molecular weight excluding hydrogens is 292 g/mol. The maximum absolute atomic E-state index is 5.20. The predicted molar refractivity (Wildman–Crippen MR) is 86.7 cm³/mol. The Bertz CT molecular complexity index is 663.